The van der Waals surface area contributed by atoms with Crippen molar-refractivity contribution < 1.29 is 4.74 Å². The molecule has 0 amide bonds. The van der Waals surface area contributed by atoms with Gasteiger partial charge in [0.25, 0.3) is 0 Å². The van der Waals surface area contributed by atoms with Crippen molar-refractivity contribution in [1.82, 2.24) is 10.2 Å². The van der Waals surface area contributed by atoms with Gasteiger partial charge >= 0.3 is 0 Å². The summed E-state index contributed by atoms with van der Waals surface area (Å²) in [5.74, 6) is 0.865. The lowest BCUT2D eigenvalue weighted by molar-refractivity contribution is 0.420. The molecule has 1 aromatic carbocycles. The fourth-order valence-electron chi connectivity index (χ4n) is 1.33. The molecular weight excluding hydrogens is 152 g/mol. The van der Waals surface area contributed by atoms with Crippen molar-refractivity contribution >= 4 is 10.9 Å². The van der Waals surface area contributed by atoms with E-state index < -0.39 is 0 Å². The predicted molar refractivity (Wildman–Crippen MR) is 47.4 cm³/mol. The number of hydrogen-bond donors (Lipinski definition) is 1. The molecule has 0 atom stereocenters. The van der Waals surface area contributed by atoms with Gasteiger partial charge in [0.15, 0.2) is 0 Å². The van der Waals surface area contributed by atoms with Crippen molar-refractivity contribution in [3.63, 3.8) is 0 Å². The van der Waals surface area contributed by atoms with Crippen LogP contribution in [0.1, 0.15) is 5.56 Å². The summed E-state index contributed by atoms with van der Waals surface area (Å²) in [5.41, 5.74) is 2.23. The quantitative estimate of drug-likeness (QED) is 0.695. The van der Waals surface area contributed by atoms with E-state index in [1.165, 1.54) is 5.56 Å². The van der Waals surface area contributed by atoms with E-state index in [0.717, 1.165) is 16.7 Å². The van der Waals surface area contributed by atoms with Gasteiger partial charge in [0.1, 0.15) is 5.75 Å². The summed E-state index contributed by atoms with van der Waals surface area (Å²) < 4.78 is 5.18. The molecule has 0 fully saturated rings. The number of hydrogen-bond acceptors (Lipinski definition) is 2. The number of H-pyrrole nitrogens is 1. The second-order valence-corrected chi connectivity index (χ2v) is 2.74. The first kappa shape index (κ1) is 7.16. The maximum Gasteiger partial charge on any atom is 0.129 e. The van der Waals surface area contributed by atoms with Gasteiger partial charge in [0, 0.05) is 0 Å². The molecule has 0 spiro atoms. The predicted octanol–water partition coefficient (Wildman–Crippen LogP) is 1.88. The summed E-state index contributed by atoms with van der Waals surface area (Å²) >= 11 is 0. The fourth-order valence-corrected chi connectivity index (χ4v) is 1.33. The number of aryl methyl sites for hydroxylation is 1. The first-order chi connectivity index (χ1) is 5.83. The van der Waals surface area contributed by atoms with Gasteiger partial charge < -0.3 is 4.74 Å². The van der Waals surface area contributed by atoms with E-state index in [1.807, 2.05) is 19.1 Å². The highest BCUT2D eigenvalue weighted by Gasteiger charge is 2.04. The lowest BCUT2D eigenvalue weighted by Gasteiger charge is -2.01. The van der Waals surface area contributed by atoms with Gasteiger partial charge in [-0.2, -0.15) is 5.10 Å². The molecule has 0 aliphatic rings. The van der Waals surface area contributed by atoms with Crippen molar-refractivity contribution in [1.29, 1.82) is 0 Å². The Hall–Kier alpha value is -1.51. The summed E-state index contributed by atoms with van der Waals surface area (Å²) in [6.07, 6.45) is 1.78. The highest BCUT2D eigenvalue weighted by Crippen LogP contribution is 2.25. The van der Waals surface area contributed by atoms with Crippen LogP contribution >= 0.6 is 0 Å². The van der Waals surface area contributed by atoms with Gasteiger partial charge in [0.05, 0.1) is 24.2 Å². The topological polar surface area (TPSA) is 37.9 Å². The van der Waals surface area contributed by atoms with E-state index in [9.17, 15) is 0 Å². The third-order valence-corrected chi connectivity index (χ3v) is 2.00. The minimum Gasteiger partial charge on any atom is -0.496 e. The average Bonchev–Trinajstić information content (AvgIpc) is 2.54. The Kier molecular flexibility index (Phi) is 1.50. The molecule has 3 nitrogen and oxygen atoms in total. The van der Waals surface area contributed by atoms with Crippen molar-refractivity contribution in [2.75, 3.05) is 7.11 Å². The molecule has 12 heavy (non-hydrogen) atoms. The second kappa shape index (κ2) is 2.52. The maximum atomic E-state index is 5.18. The van der Waals surface area contributed by atoms with E-state index in [0.29, 0.717) is 0 Å². The Bertz CT molecular complexity index is 406. The zero-order chi connectivity index (χ0) is 8.55. The van der Waals surface area contributed by atoms with Gasteiger partial charge in [-0.05, 0) is 18.6 Å². The average molecular weight is 162 g/mol. The van der Waals surface area contributed by atoms with Crippen LogP contribution in [0.2, 0.25) is 0 Å². The van der Waals surface area contributed by atoms with Crippen LogP contribution in [-0.2, 0) is 0 Å². The zero-order valence-corrected chi connectivity index (χ0v) is 7.09. The first-order valence-corrected chi connectivity index (χ1v) is 3.79. The first-order valence-electron chi connectivity index (χ1n) is 3.79. The molecule has 1 aromatic heterocycles. The van der Waals surface area contributed by atoms with Crippen molar-refractivity contribution in [3.8, 4) is 5.75 Å². The molecule has 0 aliphatic carbocycles. The Morgan fingerprint density at radius 3 is 3.00 bits per heavy atom. The van der Waals surface area contributed by atoms with E-state index in [-0.39, 0.29) is 0 Å². The molecule has 3 heteroatoms. The van der Waals surface area contributed by atoms with Gasteiger partial charge in [-0.1, -0.05) is 6.07 Å². The minimum atomic E-state index is 0.865. The van der Waals surface area contributed by atoms with Crippen molar-refractivity contribution in [3.05, 3.63) is 23.9 Å². The molecule has 62 valence electrons. The molecule has 1 N–H and O–H groups in total. The normalized spacial score (nSPS) is 10.5. The Morgan fingerprint density at radius 2 is 2.25 bits per heavy atom. The van der Waals surface area contributed by atoms with Crippen LogP contribution in [0, 0.1) is 6.92 Å². The molecule has 1 heterocycles. The zero-order valence-electron chi connectivity index (χ0n) is 7.09. The fraction of sp³-hybridized carbons (Fsp3) is 0.222. The summed E-state index contributed by atoms with van der Waals surface area (Å²) in [6, 6.07) is 3.96. The Labute approximate surface area is 70.4 Å². The third kappa shape index (κ3) is 0.863. The van der Waals surface area contributed by atoms with Crippen LogP contribution in [0.3, 0.4) is 0 Å². The van der Waals surface area contributed by atoms with Crippen LogP contribution in [0.25, 0.3) is 10.9 Å². The van der Waals surface area contributed by atoms with Gasteiger partial charge in [-0.15, -0.1) is 0 Å². The number of aromatic amines is 1. The third-order valence-electron chi connectivity index (χ3n) is 2.00. The molecular formula is C9H10N2O. The Balaban J connectivity index is 2.82. The van der Waals surface area contributed by atoms with Gasteiger partial charge in [0.2, 0.25) is 0 Å². The van der Waals surface area contributed by atoms with Crippen molar-refractivity contribution in [2.24, 2.45) is 0 Å². The monoisotopic (exact) mass is 162 g/mol. The highest BCUT2D eigenvalue weighted by atomic mass is 16.5. The molecule has 0 radical (unpaired) electrons. The highest BCUT2D eigenvalue weighted by molar-refractivity contribution is 5.87. The maximum absolute atomic E-state index is 5.18. The smallest absolute Gasteiger partial charge is 0.129 e. The molecule has 0 unspecified atom stereocenters. The van der Waals surface area contributed by atoms with Crippen LogP contribution < -0.4 is 4.74 Å². The summed E-state index contributed by atoms with van der Waals surface area (Å²) in [6.45, 7) is 2.04. The number of methoxy groups -OCH3 is 1. The standard InChI is InChI=1S/C9H10N2O/c1-6-3-4-8(12-2)7-5-10-11-9(6)7/h3-5H,1-2H3,(H,10,11). The molecule has 0 aliphatic heterocycles. The molecule has 0 saturated carbocycles. The van der Waals surface area contributed by atoms with Crippen LogP contribution in [0.4, 0.5) is 0 Å². The SMILES string of the molecule is COc1ccc(C)c2[nH]ncc12. The molecule has 2 aromatic rings. The molecule has 0 saturated heterocycles. The number of benzene rings is 1. The lowest BCUT2D eigenvalue weighted by Crippen LogP contribution is -1.84. The van der Waals surface area contributed by atoms with Crippen LogP contribution in [-0.4, -0.2) is 17.3 Å². The largest absolute Gasteiger partial charge is 0.496 e. The number of nitrogens with one attached hydrogen (secondary N) is 1. The number of ether oxygens (including phenoxy) is 1. The van der Waals surface area contributed by atoms with E-state index >= 15 is 0 Å². The van der Waals surface area contributed by atoms with Gasteiger partial charge in [-0.25, -0.2) is 0 Å². The second-order valence-electron chi connectivity index (χ2n) is 2.74. The number of aromatic nitrogens is 2. The summed E-state index contributed by atoms with van der Waals surface area (Å²) in [7, 11) is 1.66. The van der Waals surface area contributed by atoms with Crippen molar-refractivity contribution in [2.45, 2.75) is 6.92 Å². The van der Waals surface area contributed by atoms with Crippen LogP contribution in [0.15, 0.2) is 18.3 Å². The summed E-state index contributed by atoms with van der Waals surface area (Å²) in [4.78, 5) is 0. The molecule has 0 bridgehead atoms. The summed E-state index contributed by atoms with van der Waals surface area (Å²) in [5, 5.41) is 7.94. The lowest BCUT2D eigenvalue weighted by atomic mass is 10.1. The molecule has 2 rings (SSSR count). The van der Waals surface area contributed by atoms with Gasteiger partial charge in [-0.3, -0.25) is 5.10 Å². The van der Waals surface area contributed by atoms with E-state index in [2.05, 4.69) is 10.2 Å². The van der Waals surface area contributed by atoms with E-state index in [1.54, 1.807) is 13.3 Å². The Morgan fingerprint density at radius 1 is 1.42 bits per heavy atom. The van der Waals surface area contributed by atoms with Crippen LogP contribution in [0.5, 0.6) is 5.75 Å². The minimum absolute atomic E-state index is 0.865. The number of nitrogens with zero attached hydrogens (tertiary/aromatic N) is 1. The number of fused-ring (bicyclic) bond motifs is 1. The number of rotatable bonds is 1. The van der Waals surface area contributed by atoms with E-state index in [4.69, 9.17) is 4.74 Å².